The second-order valence-corrected chi connectivity index (χ2v) is 11.3. The number of rotatable bonds is 21. The molecule has 0 aromatic heterocycles. The predicted molar refractivity (Wildman–Crippen MR) is 158 cm³/mol. The zero-order valence-corrected chi connectivity index (χ0v) is 24.0. The van der Waals surface area contributed by atoms with Crippen LogP contribution in [0.25, 0.3) is 10.4 Å². The quantitative estimate of drug-likeness (QED) is 0.0697. The van der Waals surface area contributed by atoms with Crippen molar-refractivity contribution in [1.29, 1.82) is 0 Å². The summed E-state index contributed by atoms with van der Waals surface area (Å²) >= 11 is 1.48. The van der Waals surface area contributed by atoms with Gasteiger partial charge in [-0.3, -0.25) is 4.79 Å². The maximum Gasteiger partial charge on any atom is 0.327 e. The van der Waals surface area contributed by atoms with E-state index in [4.69, 9.17) is 5.53 Å². The highest BCUT2D eigenvalue weighted by atomic mass is 32.2. The molecule has 9 heteroatoms. The van der Waals surface area contributed by atoms with E-state index in [0.717, 1.165) is 31.4 Å². The molecule has 1 saturated heterocycles. The van der Waals surface area contributed by atoms with Crippen LogP contribution in [0.1, 0.15) is 114 Å². The number of aliphatic carboxylic acids is 1. The summed E-state index contributed by atoms with van der Waals surface area (Å²) in [7, 11) is 0. The Labute approximate surface area is 233 Å². The van der Waals surface area contributed by atoms with Gasteiger partial charge in [0.05, 0.1) is 5.88 Å². The second kappa shape index (κ2) is 19.7. The lowest BCUT2D eigenvalue weighted by Crippen LogP contribution is -2.41. The lowest BCUT2D eigenvalue weighted by molar-refractivity contribution is -0.140. The van der Waals surface area contributed by atoms with E-state index < -0.39 is 12.0 Å². The van der Waals surface area contributed by atoms with Crippen LogP contribution in [0.15, 0.2) is 29.4 Å². The average molecular weight is 546 g/mol. The van der Waals surface area contributed by atoms with Crippen molar-refractivity contribution in [3.8, 4) is 0 Å². The number of amides is 1. The first-order valence-corrected chi connectivity index (χ1v) is 15.7. The molecule has 212 valence electrons. The Morgan fingerprint density at radius 1 is 1.00 bits per heavy atom. The molecular weight excluding hydrogens is 498 g/mol. The number of carboxylic acid groups (broad SMARTS) is 1. The monoisotopic (exact) mass is 545 g/mol. The van der Waals surface area contributed by atoms with Crippen molar-refractivity contribution < 1.29 is 14.7 Å². The van der Waals surface area contributed by atoms with Gasteiger partial charge >= 0.3 is 5.97 Å². The number of unbranched alkanes of at least 4 members (excludes halogenated alkanes) is 11. The van der Waals surface area contributed by atoms with Crippen molar-refractivity contribution in [1.82, 2.24) is 4.90 Å². The number of nitrogens with zero attached hydrogens (tertiary/aromatic N) is 4. The maximum absolute atomic E-state index is 12.9. The normalized spacial score (nSPS) is 15.7. The predicted octanol–water partition coefficient (Wildman–Crippen LogP) is 8.25. The minimum Gasteiger partial charge on any atom is -0.480 e. The highest BCUT2D eigenvalue weighted by Crippen LogP contribution is 2.25. The zero-order valence-electron chi connectivity index (χ0n) is 23.2. The molecular formula is C29H47N5O3S. The number of carboxylic acids is 1. The van der Waals surface area contributed by atoms with E-state index in [1.165, 1.54) is 87.3 Å². The van der Waals surface area contributed by atoms with E-state index in [1.807, 2.05) is 24.3 Å². The van der Waals surface area contributed by atoms with Gasteiger partial charge in [0, 0.05) is 34.5 Å². The number of hydrogen-bond acceptors (Lipinski definition) is 5. The summed E-state index contributed by atoms with van der Waals surface area (Å²) in [5.41, 5.74) is 9.88. The number of anilines is 1. The first-order valence-electron chi connectivity index (χ1n) is 14.6. The molecule has 1 aromatic rings. The SMILES string of the molecule is CCCCCCCCC(CCCCCCCCCN=[N+]=[N-])Nc1ccc(C(=O)N2CSCC2C(=O)O)cc1. The molecule has 1 amide bonds. The molecule has 1 aliphatic rings. The van der Waals surface area contributed by atoms with E-state index in [0.29, 0.717) is 29.8 Å². The van der Waals surface area contributed by atoms with Gasteiger partial charge < -0.3 is 15.3 Å². The molecule has 0 saturated carbocycles. The van der Waals surface area contributed by atoms with Crippen molar-refractivity contribution in [2.45, 2.75) is 115 Å². The third kappa shape index (κ3) is 12.4. The Kier molecular flexibility index (Phi) is 16.5. The topological polar surface area (TPSA) is 118 Å². The van der Waals surface area contributed by atoms with Crippen molar-refractivity contribution in [2.24, 2.45) is 5.11 Å². The Bertz CT molecular complexity index is 860. The molecule has 2 N–H and O–H groups in total. The number of nitrogens with one attached hydrogen (secondary N) is 1. The summed E-state index contributed by atoms with van der Waals surface area (Å²) in [5, 5.41) is 16.7. The number of hydrogen-bond donors (Lipinski definition) is 2. The molecule has 0 radical (unpaired) electrons. The van der Waals surface area contributed by atoms with Crippen LogP contribution in [0.5, 0.6) is 0 Å². The summed E-state index contributed by atoms with van der Waals surface area (Å²) in [6.07, 6.45) is 18.2. The number of thioether (sulfide) groups is 1. The first kappa shape index (κ1) is 31.8. The van der Waals surface area contributed by atoms with E-state index >= 15 is 0 Å². The first-order chi connectivity index (χ1) is 18.6. The van der Waals surface area contributed by atoms with E-state index in [1.54, 1.807) is 0 Å². The highest BCUT2D eigenvalue weighted by molar-refractivity contribution is 7.99. The summed E-state index contributed by atoms with van der Waals surface area (Å²) in [6, 6.07) is 7.21. The standard InChI is InChI=1S/C29H47N5O3S/c1-2-3-4-5-9-12-15-25(16-13-10-7-6-8-11-14-21-31-33-30)32-26-19-17-24(18-20-26)28(35)34-23-38-22-27(34)29(36)37/h17-20,25,27,32H,2-16,21-23H2,1H3,(H,36,37). The number of benzene rings is 1. The van der Waals surface area contributed by atoms with E-state index in [2.05, 4.69) is 22.3 Å². The fourth-order valence-electron chi connectivity index (χ4n) is 4.92. The van der Waals surface area contributed by atoms with Gasteiger partial charge in [0.1, 0.15) is 6.04 Å². The van der Waals surface area contributed by atoms with Crippen LogP contribution >= 0.6 is 11.8 Å². The van der Waals surface area contributed by atoms with Crippen LogP contribution in [0, 0.1) is 0 Å². The fraction of sp³-hybridized carbons (Fsp3) is 0.724. The fourth-order valence-corrected chi connectivity index (χ4v) is 6.06. The van der Waals surface area contributed by atoms with Gasteiger partial charge in [0.15, 0.2) is 0 Å². The molecule has 1 heterocycles. The lowest BCUT2D eigenvalue weighted by atomic mass is 9.99. The molecule has 38 heavy (non-hydrogen) atoms. The summed E-state index contributed by atoms with van der Waals surface area (Å²) in [5.74, 6) is -0.288. The molecule has 1 aliphatic heterocycles. The van der Waals surface area contributed by atoms with Gasteiger partial charge in [-0.15, -0.1) is 11.8 Å². The van der Waals surface area contributed by atoms with Crippen LogP contribution in [0.3, 0.4) is 0 Å². The molecule has 0 aliphatic carbocycles. The maximum atomic E-state index is 12.9. The van der Waals surface area contributed by atoms with Crippen LogP contribution < -0.4 is 5.32 Å². The summed E-state index contributed by atoms with van der Waals surface area (Å²) < 4.78 is 0. The van der Waals surface area contributed by atoms with Crippen LogP contribution in [0.4, 0.5) is 5.69 Å². The molecule has 0 bridgehead atoms. The molecule has 0 spiro atoms. The van der Waals surface area contributed by atoms with Crippen LogP contribution in [-0.4, -0.2) is 52.1 Å². The lowest BCUT2D eigenvalue weighted by Gasteiger charge is -2.22. The van der Waals surface area contributed by atoms with Gasteiger partial charge in [-0.1, -0.05) is 89.1 Å². The molecule has 1 aromatic carbocycles. The molecule has 2 atom stereocenters. The Morgan fingerprint density at radius 2 is 1.58 bits per heavy atom. The molecule has 2 rings (SSSR count). The Morgan fingerprint density at radius 3 is 2.16 bits per heavy atom. The van der Waals surface area contributed by atoms with E-state index in [-0.39, 0.29) is 5.91 Å². The minimum absolute atomic E-state index is 0.213. The van der Waals surface area contributed by atoms with Gasteiger partial charge in [-0.2, -0.15) is 0 Å². The van der Waals surface area contributed by atoms with Crippen LogP contribution in [0.2, 0.25) is 0 Å². The number of carbonyl (C=O) groups excluding carboxylic acids is 1. The van der Waals surface area contributed by atoms with Crippen molar-refractivity contribution in [3.05, 3.63) is 40.3 Å². The second-order valence-electron chi connectivity index (χ2n) is 10.3. The van der Waals surface area contributed by atoms with Crippen LogP contribution in [-0.2, 0) is 4.79 Å². The van der Waals surface area contributed by atoms with Gasteiger partial charge in [-0.25, -0.2) is 4.79 Å². The van der Waals surface area contributed by atoms with Gasteiger partial charge in [-0.05, 0) is 49.1 Å². The zero-order chi connectivity index (χ0) is 27.4. The Hall–Kier alpha value is -2.38. The number of azide groups is 1. The van der Waals surface area contributed by atoms with Crippen molar-refractivity contribution in [2.75, 3.05) is 23.5 Å². The Balaban J connectivity index is 1.81. The smallest absolute Gasteiger partial charge is 0.327 e. The minimum atomic E-state index is -0.940. The molecule has 2 unspecified atom stereocenters. The van der Waals surface area contributed by atoms with Gasteiger partial charge in [0.2, 0.25) is 0 Å². The summed E-state index contributed by atoms with van der Waals surface area (Å²) in [6.45, 7) is 2.86. The highest BCUT2D eigenvalue weighted by Gasteiger charge is 2.34. The third-order valence-electron chi connectivity index (χ3n) is 7.21. The summed E-state index contributed by atoms with van der Waals surface area (Å²) in [4.78, 5) is 28.6. The largest absolute Gasteiger partial charge is 0.480 e. The van der Waals surface area contributed by atoms with Gasteiger partial charge in [0.25, 0.3) is 5.91 Å². The van der Waals surface area contributed by atoms with E-state index in [9.17, 15) is 14.7 Å². The third-order valence-corrected chi connectivity index (χ3v) is 8.22. The van der Waals surface area contributed by atoms with Crippen molar-refractivity contribution >= 4 is 29.3 Å². The average Bonchev–Trinajstić information content (AvgIpc) is 3.42. The molecule has 1 fully saturated rings. The number of carbonyl (C=O) groups is 2. The van der Waals surface area contributed by atoms with Crippen molar-refractivity contribution in [3.63, 3.8) is 0 Å². The molecule has 8 nitrogen and oxygen atoms in total.